The van der Waals surface area contributed by atoms with Crippen molar-refractivity contribution in [3.8, 4) is 0 Å². The van der Waals surface area contributed by atoms with Crippen LogP contribution in [0.2, 0.25) is 0 Å². The van der Waals surface area contributed by atoms with Crippen molar-refractivity contribution in [1.82, 2.24) is 0 Å². The van der Waals surface area contributed by atoms with Gasteiger partial charge in [0.2, 0.25) is 0 Å². The SMILES string of the molecule is CCCCC(C)CCC1CC(C)(C(C)CC)C1. The Morgan fingerprint density at radius 1 is 1.12 bits per heavy atom. The van der Waals surface area contributed by atoms with Crippen LogP contribution in [0.5, 0.6) is 0 Å². The van der Waals surface area contributed by atoms with Crippen LogP contribution in [0.25, 0.3) is 0 Å². The van der Waals surface area contributed by atoms with Gasteiger partial charge in [-0.1, -0.05) is 73.1 Å². The molecule has 0 aromatic rings. The molecular weight excluding hydrogens is 204 g/mol. The van der Waals surface area contributed by atoms with E-state index in [-0.39, 0.29) is 0 Å². The van der Waals surface area contributed by atoms with Gasteiger partial charge in [0, 0.05) is 0 Å². The highest BCUT2D eigenvalue weighted by Gasteiger charge is 2.42. The fraction of sp³-hybridized carbons (Fsp3) is 1.00. The van der Waals surface area contributed by atoms with Crippen molar-refractivity contribution in [2.24, 2.45) is 23.2 Å². The molecule has 0 bridgehead atoms. The Morgan fingerprint density at radius 3 is 2.29 bits per heavy atom. The molecule has 1 aliphatic rings. The maximum absolute atomic E-state index is 2.51. The van der Waals surface area contributed by atoms with Crippen LogP contribution in [0.4, 0.5) is 0 Å². The van der Waals surface area contributed by atoms with Gasteiger partial charge in [-0.3, -0.25) is 0 Å². The van der Waals surface area contributed by atoms with E-state index in [9.17, 15) is 0 Å². The molecule has 0 aromatic carbocycles. The zero-order valence-electron chi connectivity index (χ0n) is 12.9. The smallest absolute Gasteiger partial charge is 0.0295 e. The van der Waals surface area contributed by atoms with Crippen LogP contribution in [-0.2, 0) is 0 Å². The molecule has 17 heavy (non-hydrogen) atoms. The van der Waals surface area contributed by atoms with Crippen LogP contribution in [0.3, 0.4) is 0 Å². The molecule has 1 fully saturated rings. The average molecular weight is 238 g/mol. The Hall–Kier alpha value is 0. The van der Waals surface area contributed by atoms with Crippen molar-refractivity contribution >= 4 is 0 Å². The predicted molar refractivity (Wildman–Crippen MR) is 78.2 cm³/mol. The molecule has 0 aliphatic heterocycles. The van der Waals surface area contributed by atoms with Crippen molar-refractivity contribution in [2.45, 2.75) is 86.0 Å². The highest BCUT2D eigenvalue weighted by atomic mass is 14.5. The Kier molecular flexibility index (Phi) is 6.03. The summed E-state index contributed by atoms with van der Waals surface area (Å²) in [4.78, 5) is 0. The minimum absolute atomic E-state index is 0.687. The predicted octanol–water partition coefficient (Wildman–Crippen LogP) is 6.06. The monoisotopic (exact) mass is 238 g/mol. The van der Waals surface area contributed by atoms with Gasteiger partial charge in [-0.15, -0.1) is 0 Å². The molecule has 0 heteroatoms. The van der Waals surface area contributed by atoms with E-state index >= 15 is 0 Å². The largest absolute Gasteiger partial charge is 0.0654 e. The Morgan fingerprint density at radius 2 is 1.76 bits per heavy atom. The summed E-state index contributed by atoms with van der Waals surface area (Å²) in [6.07, 6.45) is 11.6. The van der Waals surface area contributed by atoms with Gasteiger partial charge >= 0.3 is 0 Å². The first kappa shape index (κ1) is 15.1. The van der Waals surface area contributed by atoms with Crippen LogP contribution < -0.4 is 0 Å². The summed E-state index contributed by atoms with van der Waals surface area (Å²) < 4.78 is 0. The molecule has 2 atom stereocenters. The first-order valence-electron chi connectivity index (χ1n) is 8.01. The zero-order valence-corrected chi connectivity index (χ0v) is 12.9. The summed E-state index contributed by atoms with van der Waals surface area (Å²) in [6, 6.07) is 0. The molecule has 102 valence electrons. The summed E-state index contributed by atoms with van der Waals surface area (Å²) >= 11 is 0. The third-order valence-corrected chi connectivity index (χ3v) is 5.43. The van der Waals surface area contributed by atoms with E-state index in [1.165, 1.54) is 51.4 Å². The lowest BCUT2D eigenvalue weighted by Crippen LogP contribution is -2.39. The molecule has 0 radical (unpaired) electrons. The summed E-state index contributed by atoms with van der Waals surface area (Å²) in [6.45, 7) is 12.0. The second-order valence-electron chi connectivity index (χ2n) is 7.06. The van der Waals surface area contributed by atoms with Crippen molar-refractivity contribution < 1.29 is 0 Å². The molecule has 1 saturated carbocycles. The van der Waals surface area contributed by atoms with Crippen molar-refractivity contribution in [1.29, 1.82) is 0 Å². The van der Waals surface area contributed by atoms with Crippen molar-refractivity contribution in [2.75, 3.05) is 0 Å². The summed E-state index contributed by atoms with van der Waals surface area (Å²) in [7, 11) is 0. The Labute approximate surface area is 110 Å². The van der Waals surface area contributed by atoms with Crippen LogP contribution in [0, 0.1) is 23.2 Å². The van der Waals surface area contributed by atoms with E-state index in [2.05, 4.69) is 34.6 Å². The zero-order chi connectivity index (χ0) is 12.9. The van der Waals surface area contributed by atoms with Crippen LogP contribution in [0.1, 0.15) is 86.0 Å². The molecule has 0 saturated heterocycles. The highest BCUT2D eigenvalue weighted by Crippen LogP contribution is 2.53. The lowest BCUT2D eigenvalue weighted by molar-refractivity contribution is 0.00883. The summed E-state index contributed by atoms with van der Waals surface area (Å²) in [5.41, 5.74) is 0.687. The molecule has 2 unspecified atom stereocenters. The normalized spacial score (nSPS) is 31.9. The lowest BCUT2D eigenvalue weighted by atomic mass is 9.56. The van der Waals surface area contributed by atoms with Gasteiger partial charge in [-0.25, -0.2) is 0 Å². The van der Waals surface area contributed by atoms with Gasteiger partial charge in [-0.05, 0) is 36.0 Å². The van der Waals surface area contributed by atoms with Crippen LogP contribution in [-0.4, -0.2) is 0 Å². The third kappa shape index (κ3) is 4.30. The standard InChI is InChI=1S/C17H34/c1-6-8-9-14(3)10-11-16-12-17(5,13-16)15(4)7-2/h14-16H,6-13H2,1-5H3. The second kappa shape index (κ2) is 6.81. The minimum atomic E-state index is 0.687. The second-order valence-corrected chi connectivity index (χ2v) is 7.06. The molecule has 0 amide bonds. The van der Waals surface area contributed by atoms with Gasteiger partial charge < -0.3 is 0 Å². The lowest BCUT2D eigenvalue weighted by Gasteiger charge is -2.50. The number of unbranched alkanes of at least 4 members (excludes halogenated alkanes) is 1. The summed E-state index contributed by atoms with van der Waals surface area (Å²) in [5.74, 6) is 2.94. The highest BCUT2D eigenvalue weighted by molar-refractivity contribution is 4.93. The van der Waals surface area contributed by atoms with E-state index in [1.807, 2.05) is 0 Å². The first-order chi connectivity index (χ1) is 8.01. The van der Waals surface area contributed by atoms with E-state index < -0.39 is 0 Å². The minimum Gasteiger partial charge on any atom is -0.0654 e. The van der Waals surface area contributed by atoms with Crippen molar-refractivity contribution in [3.63, 3.8) is 0 Å². The van der Waals surface area contributed by atoms with E-state index in [0.717, 1.165) is 17.8 Å². The quantitative estimate of drug-likeness (QED) is 0.482. The molecular formula is C17H34. The molecule has 0 heterocycles. The molecule has 0 N–H and O–H groups in total. The fourth-order valence-electron chi connectivity index (χ4n) is 3.58. The Balaban J connectivity index is 2.13. The van der Waals surface area contributed by atoms with Gasteiger partial charge in [0.25, 0.3) is 0 Å². The van der Waals surface area contributed by atoms with Gasteiger partial charge in [-0.2, -0.15) is 0 Å². The van der Waals surface area contributed by atoms with Gasteiger partial charge in [0.05, 0.1) is 0 Å². The average Bonchev–Trinajstić information content (AvgIpc) is 2.29. The molecule has 0 nitrogen and oxygen atoms in total. The maximum Gasteiger partial charge on any atom is -0.0295 e. The molecule has 1 aliphatic carbocycles. The van der Waals surface area contributed by atoms with Crippen LogP contribution >= 0.6 is 0 Å². The van der Waals surface area contributed by atoms with E-state index in [0.29, 0.717) is 5.41 Å². The van der Waals surface area contributed by atoms with E-state index in [1.54, 1.807) is 0 Å². The van der Waals surface area contributed by atoms with Gasteiger partial charge in [0.1, 0.15) is 0 Å². The van der Waals surface area contributed by atoms with E-state index in [4.69, 9.17) is 0 Å². The first-order valence-corrected chi connectivity index (χ1v) is 8.01. The number of rotatable bonds is 8. The number of hydrogen-bond acceptors (Lipinski definition) is 0. The molecule has 0 spiro atoms. The molecule has 0 aromatic heterocycles. The Bertz CT molecular complexity index is 200. The molecule has 1 rings (SSSR count). The fourth-order valence-corrected chi connectivity index (χ4v) is 3.58. The van der Waals surface area contributed by atoms with Crippen LogP contribution in [0.15, 0.2) is 0 Å². The topological polar surface area (TPSA) is 0 Å². The summed E-state index contributed by atoms with van der Waals surface area (Å²) in [5, 5.41) is 0. The third-order valence-electron chi connectivity index (χ3n) is 5.43. The number of hydrogen-bond donors (Lipinski definition) is 0. The van der Waals surface area contributed by atoms with Crippen molar-refractivity contribution in [3.05, 3.63) is 0 Å². The van der Waals surface area contributed by atoms with Gasteiger partial charge in [0.15, 0.2) is 0 Å². The maximum atomic E-state index is 2.51.